The number of methoxy groups -OCH3 is 2. The number of hydrogen-bond acceptors (Lipinski definition) is 3. The zero-order chi connectivity index (χ0) is 6.69. The quantitative estimate of drug-likeness (QED) is 0.630. The van der Waals surface area contributed by atoms with Crippen LogP contribution in [0.2, 0.25) is 0 Å². The van der Waals surface area contributed by atoms with E-state index in [2.05, 4.69) is 5.32 Å². The van der Waals surface area contributed by atoms with Crippen molar-refractivity contribution in [1.29, 1.82) is 0 Å². The zero-order valence-electron chi connectivity index (χ0n) is 6.29. The Morgan fingerprint density at radius 3 is 1.80 bits per heavy atom. The van der Waals surface area contributed by atoms with Crippen molar-refractivity contribution in [3.63, 3.8) is 0 Å². The predicted octanol–water partition coefficient (Wildman–Crippen LogP) is 0.0414. The van der Waals surface area contributed by atoms with Gasteiger partial charge in [-0.3, -0.25) is 0 Å². The minimum absolute atomic E-state index is 0. The lowest BCUT2D eigenvalue weighted by Gasteiger charge is -2.14. The molecule has 1 fully saturated rings. The van der Waals surface area contributed by atoms with E-state index < -0.39 is 0 Å². The molecule has 0 bridgehead atoms. The average Bonchev–Trinajstić information content (AvgIpc) is 2.33. The van der Waals surface area contributed by atoms with E-state index in [4.69, 9.17) is 9.47 Å². The first kappa shape index (κ1) is 10.2. The normalized spacial score (nSPS) is 31.8. The van der Waals surface area contributed by atoms with E-state index in [9.17, 15) is 0 Å². The molecule has 1 heterocycles. The van der Waals surface area contributed by atoms with E-state index in [1.54, 1.807) is 14.2 Å². The fourth-order valence-electron chi connectivity index (χ4n) is 1.10. The third kappa shape index (κ3) is 2.09. The van der Waals surface area contributed by atoms with Crippen LogP contribution in [0.25, 0.3) is 0 Å². The van der Waals surface area contributed by atoms with Crippen LogP contribution in [0.15, 0.2) is 0 Å². The highest BCUT2D eigenvalue weighted by Gasteiger charge is 2.25. The van der Waals surface area contributed by atoms with Gasteiger partial charge in [-0.25, -0.2) is 0 Å². The predicted molar refractivity (Wildman–Crippen MR) is 41.7 cm³/mol. The van der Waals surface area contributed by atoms with Crippen LogP contribution in [0.4, 0.5) is 0 Å². The summed E-state index contributed by atoms with van der Waals surface area (Å²) in [6, 6.07) is 0. The maximum Gasteiger partial charge on any atom is 0.0969 e. The van der Waals surface area contributed by atoms with Gasteiger partial charge in [0.05, 0.1) is 12.2 Å². The largest absolute Gasteiger partial charge is 0.377 e. The van der Waals surface area contributed by atoms with Crippen molar-refractivity contribution in [2.75, 3.05) is 27.3 Å². The second-order valence-corrected chi connectivity index (χ2v) is 2.21. The van der Waals surface area contributed by atoms with Gasteiger partial charge >= 0.3 is 0 Å². The molecule has 1 N–H and O–H groups in total. The lowest BCUT2D eigenvalue weighted by molar-refractivity contribution is -0.00461. The molecular formula is C6H14ClNO2. The molecule has 0 aromatic carbocycles. The van der Waals surface area contributed by atoms with E-state index in [0.717, 1.165) is 13.1 Å². The highest BCUT2D eigenvalue weighted by molar-refractivity contribution is 5.85. The van der Waals surface area contributed by atoms with Gasteiger partial charge in [-0.1, -0.05) is 0 Å². The van der Waals surface area contributed by atoms with Crippen molar-refractivity contribution in [2.24, 2.45) is 0 Å². The van der Waals surface area contributed by atoms with Crippen molar-refractivity contribution in [1.82, 2.24) is 5.32 Å². The Morgan fingerprint density at radius 1 is 1.10 bits per heavy atom. The Balaban J connectivity index is 0.000000810. The Hall–Kier alpha value is 0.170. The molecule has 0 unspecified atom stereocenters. The third-order valence-electron chi connectivity index (χ3n) is 1.71. The molecule has 3 nitrogen and oxygen atoms in total. The maximum atomic E-state index is 5.13. The van der Waals surface area contributed by atoms with Gasteiger partial charge in [0, 0.05) is 27.3 Å². The van der Waals surface area contributed by atoms with Crippen molar-refractivity contribution in [3.05, 3.63) is 0 Å². The summed E-state index contributed by atoms with van der Waals surface area (Å²) in [7, 11) is 3.42. The Kier molecular flexibility index (Phi) is 4.99. The summed E-state index contributed by atoms with van der Waals surface area (Å²) in [5.74, 6) is 0. The van der Waals surface area contributed by atoms with Gasteiger partial charge in [0.15, 0.2) is 0 Å². The van der Waals surface area contributed by atoms with Crippen LogP contribution in [0.5, 0.6) is 0 Å². The molecule has 1 rings (SSSR count). The van der Waals surface area contributed by atoms with Crippen LogP contribution in [-0.4, -0.2) is 39.5 Å². The van der Waals surface area contributed by atoms with Crippen LogP contribution >= 0.6 is 12.4 Å². The van der Waals surface area contributed by atoms with Crippen LogP contribution < -0.4 is 5.32 Å². The smallest absolute Gasteiger partial charge is 0.0969 e. The molecule has 0 aromatic rings. The Bertz CT molecular complexity index is 81.8. The third-order valence-corrected chi connectivity index (χ3v) is 1.71. The van der Waals surface area contributed by atoms with Crippen molar-refractivity contribution < 1.29 is 9.47 Å². The van der Waals surface area contributed by atoms with Crippen LogP contribution in [0.3, 0.4) is 0 Å². The number of hydrogen-bond donors (Lipinski definition) is 1. The first-order valence-corrected chi connectivity index (χ1v) is 3.14. The molecule has 62 valence electrons. The molecule has 0 saturated carbocycles. The molecule has 1 aliphatic rings. The van der Waals surface area contributed by atoms with Crippen molar-refractivity contribution in [2.45, 2.75) is 12.2 Å². The Morgan fingerprint density at radius 2 is 1.50 bits per heavy atom. The zero-order valence-corrected chi connectivity index (χ0v) is 7.11. The average molecular weight is 168 g/mol. The van der Waals surface area contributed by atoms with Gasteiger partial charge in [0.2, 0.25) is 0 Å². The van der Waals surface area contributed by atoms with Gasteiger partial charge in [-0.05, 0) is 0 Å². The summed E-state index contributed by atoms with van der Waals surface area (Å²) in [5.41, 5.74) is 0. The first-order chi connectivity index (χ1) is 4.38. The molecular weight excluding hydrogens is 154 g/mol. The molecule has 0 aromatic heterocycles. The molecule has 1 saturated heterocycles. The maximum absolute atomic E-state index is 5.13. The standard InChI is InChI=1S/C6H13NO2.ClH/c1-8-5-3-7-4-6(5)9-2;/h5-7H,3-4H2,1-2H3;1H/t5-,6-;/m1./s1. The topological polar surface area (TPSA) is 30.5 Å². The van der Waals surface area contributed by atoms with Crippen LogP contribution in [0.1, 0.15) is 0 Å². The lowest BCUT2D eigenvalue weighted by Crippen LogP contribution is -2.27. The number of nitrogens with one attached hydrogen (secondary N) is 1. The molecule has 1 aliphatic heterocycles. The molecule has 10 heavy (non-hydrogen) atoms. The van der Waals surface area contributed by atoms with Gasteiger partial charge in [0.25, 0.3) is 0 Å². The van der Waals surface area contributed by atoms with E-state index in [-0.39, 0.29) is 24.6 Å². The molecule has 4 heteroatoms. The molecule has 0 radical (unpaired) electrons. The highest BCUT2D eigenvalue weighted by Crippen LogP contribution is 2.05. The minimum Gasteiger partial charge on any atom is -0.377 e. The number of rotatable bonds is 2. The minimum atomic E-state index is 0. The molecule has 2 atom stereocenters. The highest BCUT2D eigenvalue weighted by atomic mass is 35.5. The second-order valence-electron chi connectivity index (χ2n) is 2.21. The van der Waals surface area contributed by atoms with E-state index in [0.29, 0.717) is 0 Å². The monoisotopic (exact) mass is 167 g/mol. The number of ether oxygens (including phenoxy) is 2. The van der Waals surface area contributed by atoms with Gasteiger partial charge < -0.3 is 14.8 Å². The van der Waals surface area contributed by atoms with E-state index >= 15 is 0 Å². The summed E-state index contributed by atoms with van der Waals surface area (Å²) in [4.78, 5) is 0. The van der Waals surface area contributed by atoms with E-state index in [1.165, 1.54) is 0 Å². The summed E-state index contributed by atoms with van der Waals surface area (Å²) < 4.78 is 10.3. The lowest BCUT2D eigenvalue weighted by atomic mass is 10.3. The van der Waals surface area contributed by atoms with Crippen molar-refractivity contribution >= 4 is 12.4 Å². The molecule has 0 aliphatic carbocycles. The fourth-order valence-corrected chi connectivity index (χ4v) is 1.10. The Labute approximate surface area is 67.5 Å². The SMILES string of the molecule is CO[C@@H]1CNC[C@H]1OC.Cl. The number of halogens is 1. The second kappa shape index (κ2) is 4.91. The van der Waals surface area contributed by atoms with Gasteiger partial charge in [-0.15, -0.1) is 12.4 Å². The summed E-state index contributed by atoms with van der Waals surface area (Å²) in [5, 5.41) is 3.17. The van der Waals surface area contributed by atoms with Gasteiger partial charge in [-0.2, -0.15) is 0 Å². The van der Waals surface area contributed by atoms with Gasteiger partial charge in [0.1, 0.15) is 0 Å². The van der Waals surface area contributed by atoms with Crippen LogP contribution in [0, 0.1) is 0 Å². The van der Waals surface area contributed by atoms with E-state index in [1.807, 2.05) is 0 Å². The fraction of sp³-hybridized carbons (Fsp3) is 1.00. The first-order valence-electron chi connectivity index (χ1n) is 3.14. The summed E-state index contributed by atoms with van der Waals surface area (Å²) >= 11 is 0. The summed E-state index contributed by atoms with van der Waals surface area (Å²) in [6.45, 7) is 1.82. The van der Waals surface area contributed by atoms with Crippen LogP contribution in [-0.2, 0) is 9.47 Å². The van der Waals surface area contributed by atoms with Crippen molar-refractivity contribution in [3.8, 4) is 0 Å². The molecule has 0 spiro atoms. The summed E-state index contributed by atoms with van der Waals surface area (Å²) in [6.07, 6.45) is 0.491. The molecule has 0 amide bonds.